The molecule has 4 heterocycles. The van der Waals surface area contributed by atoms with Crippen molar-refractivity contribution >= 4 is 17.2 Å². The molecule has 0 unspecified atom stereocenters. The number of nitrogens with zero attached hydrogens (tertiary/aromatic N) is 2. The van der Waals surface area contributed by atoms with Gasteiger partial charge in [-0.25, -0.2) is 8.78 Å². The molecule has 2 bridgehead atoms. The quantitative estimate of drug-likeness (QED) is 0.825. The van der Waals surface area contributed by atoms with Crippen LogP contribution in [-0.4, -0.2) is 65.3 Å². The Labute approximate surface area is 171 Å². The summed E-state index contributed by atoms with van der Waals surface area (Å²) in [6.45, 7) is 2.32. The number of benzene rings is 1. The zero-order valence-electron chi connectivity index (χ0n) is 15.8. The fourth-order valence-corrected chi connectivity index (χ4v) is 5.91. The summed E-state index contributed by atoms with van der Waals surface area (Å²) >= 11 is 1.48. The van der Waals surface area contributed by atoms with Gasteiger partial charge in [-0.2, -0.15) is 11.3 Å². The standard InChI is InChI=1S/C21H22F2N2O3S/c22-17-3-1-2-13(19(17)23)6-24-7-16-15(9-26)18-8-25(12-21(16,11-24)28-18)20(27)14-4-5-29-10-14/h1-5,10,15-16,18,26H,6-9,11-12H2/t15-,16+,18+,21-/m0/s1. The maximum atomic E-state index is 14.1. The van der Waals surface area contributed by atoms with Crippen LogP contribution in [0, 0.1) is 23.5 Å². The summed E-state index contributed by atoms with van der Waals surface area (Å²) in [6, 6.07) is 6.02. The number of amides is 1. The van der Waals surface area contributed by atoms with Crippen LogP contribution in [0.1, 0.15) is 15.9 Å². The molecule has 154 valence electrons. The lowest BCUT2D eigenvalue weighted by atomic mass is 9.83. The summed E-state index contributed by atoms with van der Waals surface area (Å²) in [5.41, 5.74) is 0.396. The average molecular weight is 420 g/mol. The lowest BCUT2D eigenvalue weighted by Crippen LogP contribution is -2.55. The Balaban J connectivity index is 1.39. The van der Waals surface area contributed by atoms with Crippen LogP contribution >= 0.6 is 11.3 Å². The molecule has 1 aromatic carbocycles. The van der Waals surface area contributed by atoms with Gasteiger partial charge in [0.15, 0.2) is 11.6 Å². The van der Waals surface area contributed by atoms with Crippen molar-refractivity contribution in [2.45, 2.75) is 18.2 Å². The van der Waals surface area contributed by atoms with Gasteiger partial charge in [-0.1, -0.05) is 12.1 Å². The molecular weight excluding hydrogens is 398 g/mol. The molecule has 1 N–H and O–H groups in total. The van der Waals surface area contributed by atoms with Crippen LogP contribution in [0.15, 0.2) is 35.0 Å². The number of carbonyl (C=O) groups is 1. The third kappa shape index (κ3) is 3.09. The van der Waals surface area contributed by atoms with Crippen molar-refractivity contribution in [1.29, 1.82) is 0 Å². The predicted molar refractivity (Wildman–Crippen MR) is 104 cm³/mol. The lowest BCUT2D eigenvalue weighted by Gasteiger charge is -2.40. The van der Waals surface area contributed by atoms with Gasteiger partial charge >= 0.3 is 0 Å². The first-order valence-corrected chi connectivity index (χ1v) is 10.7. The van der Waals surface area contributed by atoms with E-state index in [9.17, 15) is 18.7 Å². The molecule has 3 aliphatic heterocycles. The molecular formula is C21H22F2N2O3S. The maximum absolute atomic E-state index is 14.1. The van der Waals surface area contributed by atoms with Gasteiger partial charge in [-0.3, -0.25) is 9.69 Å². The fourth-order valence-electron chi connectivity index (χ4n) is 5.29. The van der Waals surface area contributed by atoms with Gasteiger partial charge in [-0.15, -0.1) is 0 Å². The molecule has 0 radical (unpaired) electrons. The minimum absolute atomic E-state index is 0.0142. The van der Waals surface area contributed by atoms with Gasteiger partial charge in [0.1, 0.15) is 5.60 Å². The number of halogens is 2. The van der Waals surface area contributed by atoms with E-state index in [-0.39, 0.29) is 37.0 Å². The van der Waals surface area contributed by atoms with E-state index in [0.717, 1.165) is 6.07 Å². The number of fused-ring (bicyclic) bond motifs is 1. The summed E-state index contributed by atoms with van der Waals surface area (Å²) in [5.74, 6) is -1.72. The van der Waals surface area contributed by atoms with Gasteiger partial charge in [0.2, 0.25) is 0 Å². The number of aliphatic hydroxyl groups excluding tert-OH is 1. The summed E-state index contributed by atoms with van der Waals surface area (Å²) < 4.78 is 34.1. The number of rotatable bonds is 4. The smallest absolute Gasteiger partial charge is 0.254 e. The van der Waals surface area contributed by atoms with Gasteiger partial charge in [-0.05, 0) is 17.5 Å². The van der Waals surface area contributed by atoms with Crippen molar-refractivity contribution in [1.82, 2.24) is 9.80 Å². The molecule has 1 spiro atoms. The third-order valence-electron chi connectivity index (χ3n) is 6.55. The van der Waals surface area contributed by atoms with Gasteiger partial charge in [0.05, 0.1) is 18.2 Å². The van der Waals surface area contributed by atoms with E-state index in [1.807, 2.05) is 26.6 Å². The number of thiophene rings is 1. The average Bonchev–Trinajstić information content (AvgIpc) is 3.38. The number of hydrogen-bond acceptors (Lipinski definition) is 5. The van der Waals surface area contributed by atoms with Crippen molar-refractivity contribution in [2.75, 3.05) is 32.8 Å². The second-order valence-electron chi connectivity index (χ2n) is 8.25. The van der Waals surface area contributed by atoms with E-state index >= 15 is 0 Å². The largest absolute Gasteiger partial charge is 0.396 e. The van der Waals surface area contributed by atoms with Crippen LogP contribution in [0.3, 0.4) is 0 Å². The van der Waals surface area contributed by atoms with Crippen molar-refractivity contribution in [3.05, 3.63) is 57.8 Å². The fraction of sp³-hybridized carbons (Fsp3) is 0.476. The normalized spacial score (nSPS) is 31.3. The third-order valence-corrected chi connectivity index (χ3v) is 7.24. The van der Waals surface area contributed by atoms with E-state index < -0.39 is 17.2 Å². The number of carbonyl (C=O) groups excluding carboxylic acids is 1. The van der Waals surface area contributed by atoms with E-state index in [1.54, 1.807) is 6.07 Å². The first-order valence-electron chi connectivity index (χ1n) is 9.76. The Hall–Kier alpha value is -1.87. The zero-order chi connectivity index (χ0) is 20.2. The van der Waals surface area contributed by atoms with Gasteiger partial charge in [0.25, 0.3) is 5.91 Å². The summed E-state index contributed by atoms with van der Waals surface area (Å²) in [7, 11) is 0. The van der Waals surface area contributed by atoms with Crippen LogP contribution in [0.2, 0.25) is 0 Å². The molecule has 0 aliphatic carbocycles. The molecule has 3 saturated heterocycles. The molecule has 2 aromatic rings. The highest BCUT2D eigenvalue weighted by atomic mass is 32.1. The van der Waals surface area contributed by atoms with Crippen molar-refractivity contribution < 1.29 is 23.4 Å². The van der Waals surface area contributed by atoms with Crippen LogP contribution in [-0.2, 0) is 11.3 Å². The second kappa shape index (κ2) is 7.12. The molecule has 1 aromatic heterocycles. The van der Waals surface area contributed by atoms with E-state index in [4.69, 9.17) is 4.74 Å². The minimum atomic E-state index is -0.852. The molecule has 8 heteroatoms. The van der Waals surface area contributed by atoms with Crippen LogP contribution < -0.4 is 0 Å². The molecule has 29 heavy (non-hydrogen) atoms. The van der Waals surface area contributed by atoms with Crippen molar-refractivity contribution in [3.8, 4) is 0 Å². The molecule has 5 nitrogen and oxygen atoms in total. The predicted octanol–water partition coefficient (Wildman–Crippen LogP) is 2.36. The van der Waals surface area contributed by atoms with E-state index in [1.165, 1.54) is 17.4 Å². The van der Waals surface area contributed by atoms with Gasteiger partial charge in [0, 0.05) is 55.6 Å². The summed E-state index contributed by atoms with van der Waals surface area (Å²) in [6.07, 6.45) is -0.200. The molecule has 3 fully saturated rings. The Morgan fingerprint density at radius 1 is 1.28 bits per heavy atom. The van der Waals surface area contributed by atoms with Crippen LogP contribution in [0.4, 0.5) is 8.78 Å². The lowest BCUT2D eigenvalue weighted by molar-refractivity contribution is -0.108. The topological polar surface area (TPSA) is 53.0 Å². The highest BCUT2D eigenvalue weighted by Crippen LogP contribution is 2.49. The number of hydrogen-bond donors (Lipinski definition) is 1. The molecule has 5 rings (SSSR count). The van der Waals surface area contributed by atoms with Crippen molar-refractivity contribution in [3.63, 3.8) is 0 Å². The van der Waals surface area contributed by atoms with Crippen LogP contribution in [0.5, 0.6) is 0 Å². The molecule has 3 aliphatic rings. The highest BCUT2D eigenvalue weighted by molar-refractivity contribution is 7.08. The highest BCUT2D eigenvalue weighted by Gasteiger charge is 2.62. The number of likely N-dealkylation sites (tertiary alicyclic amines) is 2. The number of ether oxygens (including phenoxy) is 1. The second-order valence-corrected chi connectivity index (χ2v) is 9.03. The van der Waals surface area contributed by atoms with E-state index in [0.29, 0.717) is 37.3 Å². The Morgan fingerprint density at radius 3 is 2.90 bits per heavy atom. The Morgan fingerprint density at radius 2 is 2.14 bits per heavy atom. The summed E-state index contributed by atoms with van der Waals surface area (Å²) in [4.78, 5) is 16.8. The molecule has 0 saturated carbocycles. The maximum Gasteiger partial charge on any atom is 0.254 e. The first-order chi connectivity index (χ1) is 14.0. The van der Waals surface area contributed by atoms with Crippen LogP contribution in [0.25, 0.3) is 0 Å². The van der Waals surface area contributed by atoms with E-state index in [2.05, 4.69) is 0 Å². The molecule has 4 atom stereocenters. The monoisotopic (exact) mass is 420 g/mol. The zero-order valence-corrected chi connectivity index (χ0v) is 16.6. The Bertz CT molecular complexity index is 925. The van der Waals surface area contributed by atoms with Gasteiger partial charge < -0.3 is 14.7 Å². The summed E-state index contributed by atoms with van der Waals surface area (Å²) in [5, 5.41) is 13.7. The Kier molecular flexibility index (Phi) is 4.70. The van der Waals surface area contributed by atoms with Crippen molar-refractivity contribution in [2.24, 2.45) is 11.8 Å². The minimum Gasteiger partial charge on any atom is -0.396 e. The SMILES string of the molecule is O=C(c1ccsc1)N1C[C@H]2O[C@@]3(CN(Cc4cccc(F)c4F)C[C@@H]3[C@@H]2CO)C1. The number of aliphatic hydroxyl groups is 1. The number of morpholine rings is 1. The first kappa shape index (κ1) is 19.1. The molecule has 1 amide bonds.